The van der Waals surface area contributed by atoms with E-state index < -0.39 is 0 Å². The number of carbonyl (C=O) groups is 1. The van der Waals surface area contributed by atoms with Crippen LogP contribution >= 0.6 is 0 Å². The van der Waals surface area contributed by atoms with E-state index in [2.05, 4.69) is 41.6 Å². The Morgan fingerprint density at radius 2 is 1.86 bits per heavy atom. The van der Waals surface area contributed by atoms with Gasteiger partial charge in [0.2, 0.25) is 0 Å². The lowest BCUT2D eigenvalue weighted by atomic mass is 10.1. The molecule has 4 nitrogen and oxygen atoms in total. The third-order valence-electron chi connectivity index (χ3n) is 4.93. The summed E-state index contributed by atoms with van der Waals surface area (Å²) in [7, 11) is 0. The second kappa shape index (κ2) is 8.38. The molecule has 0 aliphatic carbocycles. The van der Waals surface area contributed by atoms with E-state index in [1.165, 1.54) is 41.0 Å². The van der Waals surface area contributed by atoms with Gasteiger partial charge in [0, 0.05) is 30.5 Å². The molecule has 0 unspecified atom stereocenters. The molecule has 3 rings (SSSR count). The number of hydrogen-bond donors (Lipinski definition) is 0. The average molecular weight is 379 g/mol. The van der Waals surface area contributed by atoms with Crippen molar-refractivity contribution in [3.8, 4) is 0 Å². The summed E-state index contributed by atoms with van der Waals surface area (Å²) in [5.41, 5.74) is 4.16. The van der Waals surface area contributed by atoms with E-state index in [0.29, 0.717) is 18.7 Å². The molecule has 2 aromatic carbocycles. The lowest BCUT2D eigenvalue weighted by molar-refractivity contribution is 0.0683. The Bertz CT molecular complexity index is 960. The van der Waals surface area contributed by atoms with Crippen molar-refractivity contribution in [3.05, 3.63) is 88.8 Å². The molecule has 146 valence electrons. The van der Waals surface area contributed by atoms with Crippen LogP contribution in [0.15, 0.2) is 54.9 Å². The van der Waals surface area contributed by atoms with Crippen molar-refractivity contribution in [2.24, 2.45) is 0 Å². The lowest BCUT2D eigenvalue weighted by Gasteiger charge is -2.27. The Balaban J connectivity index is 1.83. The minimum Gasteiger partial charge on any atom is -0.329 e. The molecule has 0 bridgehead atoms. The van der Waals surface area contributed by atoms with Gasteiger partial charge >= 0.3 is 0 Å². The van der Waals surface area contributed by atoms with Crippen LogP contribution < -0.4 is 0 Å². The van der Waals surface area contributed by atoms with Gasteiger partial charge < -0.3 is 9.47 Å². The van der Waals surface area contributed by atoms with Crippen molar-refractivity contribution >= 4 is 5.91 Å². The maximum Gasteiger partial charge on any atom is 0.254 e. The predicted octanol–water partition coefficient (Wildman–Crippen LogP) is 4.74. The van der Waals surface area contributed by atoms with Gasteiger partial charge in [0.25, 0.3) is 5.91 Å². The summed E-state index contributed by atoms with van der Waals surface area (Å²) in [6.45, 7) is 9.23. The Morgan fingerprint density at radius 1 is 1.14 bits per heavy atom. The third kappa shape index (κ3) is 4.47. The SMILES string of the molecule is Cc1ccc(C)c(Cn2ccnc2CN(C(=O)c2ccc(F)cc2)C(C)C)c1. The summed E-state index contributed by atoms with van der Waals surface area (Å²) in [5, 5.41) is 0. The van der Waals surface area contributed by atoms with Gasteiger partial charge in [-0.3, -0.25) is 4.79 Å². The molecule has 0 spiro atoms. The van der Waals surface area contributed by atoms with Crippen molar-refractivity contribution in [1.82, 2.24) is 14.5 Å². The van der Waals surface area contributed by atoms with Crippen molar-refractivity contribution in [2.75, 3.05) is 0 Å². The predicted molar refractivity (Wildman–Crippen MR) is 109 cm³/mol. The van der Waals surface area contributed by atoms with Crippen LogP contribution in [0.2, 0.25) is 0 Å². The second-order valence-corrected chi connectivity index (χ2v) is 7.44. The maximum atomic E-state index is 13.2. The molecule has 0 saturated heterocycles. The zero-order chi connectivity index (χ0) is 20.3. The fraction of sp³-hybridized carbons (Fsp3) is 0.304. The summed E-state index contributed by atoms with van der Waals surface area (Å²) in [4.78, 5) is 19.2. The molecule has 1 aromatic heterocycles. The molecular weight excluding hydrogens is 353 g/mol. The number of hydrogen-bond acceptors (Lipinski definition) is 2. The van der Waals surface area contributed by atoms with E-state index in [9.17, 15) is 9.18 Å². The highest BCUT2D eigenvalue weighted by Gasteiger charge is 2.21. The van der Waals surface area contributed by atoms with E-state index >= 15 is 0 Å². The first kappa shape index (κ1) is 19.8. The summed E-state index contributed by atoms with van der Waals surface area (Å²) in [6.07, 6.45) is 3.71. The topological polar surface area (TPSA) is 38.1 Å². The summed E-state index contributed by atoms with van der Waals surface area (Å²) < 4.78 is 15.3. The van der Waals surface area contributed by atoms with Crippen LogP contribution in [0.25, 0.3) is 0 Å². The van der Waals surface area contributed by atoms with Gasteiger partial charge in [0.1, 0.15) is 11.6 Å². The van der Waals surface area contributed by atoms with Gasteiger partial charge in [-0.1, -0.05) is 23.8 Å². The number of aryl methyl sites for hydroxylation is 2. The van der Waals surface area contributed by atoms with Crippen LogP contribution in [0, 0.1) is 19.7 Å². The van der Waals surface area contributed by atoms with Gasteiger partial charge in [-0.2, -0.15) is 0 Å². The Morgan fingerprint density at radius 3 is 2.54 bits per heavy atom. The number of nitrogens with zero attached hydrogens (tertiary/aromatic N) is 3. The molecule has 0 aliphatic heterocycles. The van der Waals surface area contributed by atoms with E-state index in [1.54, 1.807) is 11.1 Å². The molecule has 0 N–H and O–H groups in total. The number of halogens is 1. The Hall–Kier alpha value is -2.95. The van der Waals surface area contributed by atoms with Crippen LogP contribution in [0.5, 0.6) is 0 Å². The zero-order valence-corrected chi connectivity index (χ0v) is 16.8. The van der Waals surface area contributed by atoms with Gasteiger partial charge in [0.05, 0.1) is 6.54 Å². The van der Waals surface area contributed by atoms with Crippen LogP contribution in [0.1, 0.15) is 46.7 Å². The normalized spacial score (nSPS) is 11.1. The van der Waals surface area contributed by atoms with Crippen molar-refractivity contribution in [2.45, 2.75) is 46.8 Å². The number of benzene rings is 2. The molecule has 0 saturated carbocycles. The number of aromatic nitrogens is 2. The number of carbonyl (C=O) groups excluding carboxylic acids is 1. The summed E-state index contributed by atoms with van der Waals surface area (Å²) >= 11 is 0. The number of imidazole rings is 1. The molecule has 0 aliphatic rings. The fourth-order valence-corrected chi connectivity index (χ4v) is 3.19. The molecule has 5 heteroatoms. The van der Waals surface area contributed by atoms with Crippen molar-refractivity contribution in [1.29, 1.82) is 0 Å². The third-order valence-corrected chi connectivity index (χ3v) is 4.93. The van der Waals surface area contributed by atoms with Crippen LogP contribution in [-0.4, -0.2) is 26.4 Å². The van der Waals surface area contributed by atoms with Crippen LogP contribution in [0.3, 0.4) is 0 Å². The Labute approximate surface area is 165 Å². The minimum atomic E-state index is -0.350. The monoisotopic (exact) mass is 379 g/mol. The van der Waals surface area contributed by atoms with Crippen LogP contribution in [0.4, 0.5) is 4.39 Å². The van der Waals surface area contributed by atoms with E-state index in [-0.39, 0.29) is 17.8 Å². The van der Waals surface area contributed by atoms with Gasteiger partial charge in [-0.15, -0.1) is 0 Å². The molecule has 28 heavy (non-hydrogen) atoms. The van der Waals surface area contributed by atoms with E-state index in [1.807, 2.05) is 20.0 Å². The highest BCUT2D eigenvalue weighted by atomic mass is 19.1. The number of rotatable bonds is 6. The lowest BCUT2D eigenvalue weighted by Crippen LogP contribution is -2.37. The number of amides is 1. The van der Waals surface area contributed by atoms with Crippen LogP contribution in [-0.2, 0) is 13.1 Å². The Kier molecular flexibility index (Phi) is 5.93. The summed E-state index contributed by atoms with van der Waals surface area (Å²) in [6, 6.07) is 12.1. The quantitative estimate of drug-likeness (QED) is 0.620. The molecule has 0 atom stereocenters. The molecule has 3 aromatic rings. The van der Waals surface area contributed by atoms with Crippen molar-refractivity contribution in [3.63, 3.8) is 0 Å². The smallest absolute Gasteiger partial charge is 0.254 e. The molecule has 0 radical (unpaired) electrons. The highest BCUT2D eigenvalue weighted by molar-refractivity contribution is 5.94. The largest absolute Gasteiger partial charge is 0.329 e. The zero-order valence-electron chi connectivity index (χ0n) is 16.8. The molecule has 1 amide bonds. The maximum absolute atomic E-state index is 13.2. The van der Waals surface area contributed by atoms with E-state index in [0.717, 1.165) is 5.82 Å². The van der Waals surface area contributed by atoms with Gasteiger partial charge in [-0.25, -0.2) is 9.37 Å². The summed E-state index contributed by atoms with van der Waals surface area (Å²) in [5.74, 6) is 0.345. The second-order valence-electron chi connectivity index (χ2n) is 7.44. The standard InChI is InChI=1S/C23H26FN3O/c1-16(2)27(23(28)19-7-9-21(24)10-8-19)15-22-25-11-12-26(22)14-20-13-17(3)5-6-18(20)4/h5-13,16H,14-15H2,1-4H3. The molecule has 0 fully saturated rings. The molecule has 1 heterocycles. The first-order valence-electron chi connectivity index (χ1n) is 9.48. The minimum absolute atomic E-state index is 0.0107. The van der Waals surface area contributed by atoms with Gasteiger partial charge in [-0.05, 0) is 63.1 Å². The van der Waals surface area contributed by atoms with Gasteiger partial charge in [0.15, 0.2) is 0 Å². The first-order valence-corrected chi connectivity index (χ1v) is 9.48. The van der Waals surface area contributed by atoms with E-state index in [4.69, 9.17) is 0 Å². The molecular formula is C23H26FN3O. The first-order chi connectivity index (χ1) is 13.3. The highest BCUT2D eigenvalue weighted by Crippen LogP contribution is 2.17. The fourth-order valence-electron chi connectivity index (χ4n) is 3.19. The van der Waals surface area contributed by atoms with Crippen molar-refractivity contribution < 1.29 is 9.18 Å². The average Bonchev–Trinajstić information content (AvgIpc) is 3.09.